The van der Waals surface area contributed by atoms with Gasteiger partial charge in [0.05, 0.1) is 0 Å². The van der Waals surface area contributed by atoms with E-state index in [1.165, 1.54) is 0 Å². The molecule has 1 saturated heterocycles. The van der Waals surface area contributed by atoms with Crippen LogP contribution >= 0.6 is 0 Å². The van der Waals surface area contributed by atoms with Crippen LogP contribution in [0.5, 0.6) is 0 Å². The predicted molar refractivity (Wildman–Crippen MR) is 77.3 cm³/mol. The van der Waals surface area contributed by atoms with Crippen molar-refractivity contribution < 1.29 is 14.7 Å². The lowest BCUT2D eigenvalue weighted by Gasteiger charge is -2.38. The Morgan fingerprint density at radius 1 is 1.05 bits per heavy atom. The summed E-state index contributed by atoms with van der Waals surface area (Å²) in [7, 11) is 0. The number of hydrogen-bond acceptors (Lipinski definition) is 2. The highest BCUT2D eigenvalue weighted by molar-refractivity contribution is 5.85. The average Bonchev–Trinajstić information content (AvgIpc) is 2.46. The number of carboxylic acids is 1. The zero-order chi connectivity index (χ0) is 14.7. The second kappa shape index (κ2) is 6.59. The SMILES string of the molecule is CC(C)C1CCC(C(=O)N2CCCCC2C(=O)O)CC1. The summed E-state index contributed by atoms with van der Waals surface area (Å²) >= 11 is 0. The van der Waals surface area contributed by atoms with Gasteiger partial charge in [0.2, 0.25) is 5.91 Å². The van der Waals surface area contributed by atoms with E-state index in [1.54, 1.807) is 4.90 Å². The summed E-state index contributed by atoms with van der Waals surface area (Å²) in [4.78, 5) is 25.6. The van der Waals surface area contributed by atoms with Crippen LogP contribution in [0.3, 0.4) is 0 Å². The average molecular weight is 281 g/mol. The predicted octanol–water partition coefficient (Wildman–Crippen LogP) is 2.91. The van der Waals surface area contributed by atoms with Gasteiger partial charge >= 0.3 is 5.97 Å². The van der Waals surface area contributed by atoms with Gasteiger partial charge in [0.25, 0.3) is 0 Å². The van der Waals surface area contributed by atoms with E-state index in [4.69, 9.17) is 0 Å². The number of nitrogens with zero attached hydrogens (tertiary/aromatic N) is 1. The van der Waals surface area contributed by atoms with Gasteiger partial charge in [-0.25, -0.2) is 4.79 Å². The minimum absolute atomic E-state index is 0.0601. The molecule has 0 bridgehead atoms. The number of carbonyl (C=O) groups excluding carboxylic acids is 1. The first-order valence-electron chi connectivity index (χ1n) is 8.04. The van der Waals surface area contributed by atoms with E-state index >= 15 is 0 Å². The van der Waals surface area contributed by atoms with Gasteiger partial charge in [-0.1, -0.05) is 13.8 Å². The molecular formula is C16H27NO3. The molecule has 1 atom stereocenters. The summed E-state index contributed by atoms with van der Waals surface area (Å²) < 4.78 is 0. The third kappa shape index (κ3) is 3.33. The Labute approximate surface area is 121 Å². The standard InChI is InChI=1S/C16H27NO3/c1-11(2)12-6-8-13(9-7-12)15(18)17-10-4-3-5-14(17)16(19)20/h11-14H,3-10H2,1-2H3,(H,19,20). The lowest BCUT2D eigenvalue weighted by Crippen LogP contribution is -2.50. The quantitative estimate of drug-likeness (QED) is 0.865. The molecule has 0 aromatic rings. The Balaban J connectivity index is 1.95. The first kappa shape index (κ1) is 15.3. The molecule has 4 nitrogen and oxygen atoms in total. The molecule has 1 amide bonds. The molecular weight excluding hydrogens is 254 g/mol. The summed E-state index contributed by atoms with van der Waals surface area (Å²) in [5.41, 5.74) is 0. The Morgan fingerprint density at radius 3 is 2.25 bits per heavy atom. The van der Waals surface area contributed by atoms with Crippen molar-refractivity contribution >= 4 is 11.9 Å². The number of amides is 1. The fourth-order valence-electron chi connectivity index (χ4n) is 3.72. The Kier molecular flexibility index (Phi) is 5.06. The third-order valence-corrected chi connectivity index (χ3v) is 5.13. The van der Waals surface area contributed by atoms with Crippen LogP contribution in [0.25, 0.3) is 0 Å². The molecule has 2 fully saturated rings. The number of piperidine rings is 1. The van der Waals surface area contributed by atoms with Crippen molar-refractivity contribution in [1.82, 2.24) is 4.90 Å². The number of aliphatic carboxylic acids is 1. The molecule has 20 heavy (non-hydrogen) atoms. The highest BCUT2D eigenvalue weighted by Gasteiger charge is 2.36. The summed E-state index contributed by atoms with van der Waals surface area (Å²) in [6, 6.07) is -0.584. The largest absolute Gasteiger partial charge is 0.480 e. The summed E-state index contributed by atoms with van der Waals surface area (Å²) in [6.07, 6.45) is 6.56. The second-order valence-electron chi connectivity index (χ2n) is 6.74. The first-order valence-corrected chi connectivity index (χ1v) is 8.04. The minimum atomic E-state index is -0.839. The van der Waals surface area contributed by atoms with Crippen molar-refractivity contribution in [3.63, 3.8) is 0 Å². The molecule has 0 aromatic carbocycles. The molecule has 0 spiro atoms. The normalized spacial score (nSPS) is 31.4. The van der Waals surface area contributed by atoms with E-state index < -0.39 is 12.0 Å². The fraction of sp³-hybridized carbons (Fsp3) is 0.875. The molecule has 1 saturated carbocycles. The summed E-state index contributed by atoms with van der Waals surface area (Å²) in [5.74, 6) is 0.738. The topological polar surface area (TPSA) is 57.6 Å². The number of carboxylic acid groups (broad SMARTS) is 1. The van der Waals surface area contributed by atoms with E-state index in [2.05, 4.69) is 13.8 Å². The van der Waals surface area contributed by atoms with Gasteiger partial charge in [-0.15, -0.1) is 0 Å². The van der Waals surface area contributed by atoms with Crippen molar-refractivity contribution in [2.75, 3.05) is 6.54 Å². The van der Waals surface area contributed by atoms with Gasteiger partial charge in [0.1, 0.15) is 6.04 Å². The maximum absolute atomic E-state index is 12.6. The van der Waals surface area contributed by atoms with Crippen molar-refractivity contribution in [1.29, 1.82) is 0 Å². The summed E-state index contributed by atoms with van der Waals surface area (Å²) in [5, 5.41) is 9.28. The smallest absolute Gasteiger partial charge is 0.326 e. The molecule has 114 valence electrons. The Bertz CT molecular complexity index is 359. The maximum Gasteiger partial charge on any atom is 0.326 e. The molecule has 0 aromatic heterocycles. The van der Waals surface area contributed by atoms with E-state index in [0.717, 1.165) is 44.4 Å². The molecule has 1 unspecified atom stereocenters. The van der Waals surface area contributed by atoms with E-state index in [0.29, 0.717) is 18.9 Å². The van der Waals surface area contributed by atoms with Crippen molar-refractivity contribution in [3.05, 3.63) is 0 Å². The van der Waals surface area contributed by atoms with Crippen LogP contribution in [0.2, 0.25) is 0 Å². The number of likely N-dealkylation sites (tertiary alicyclic amines) is 1. The van der Waals surface area contributed by atoms with Crippen molar-refractivity contribution in [3.8, 4) is 0 Å². The maximum atomic E-state index is 12.6. The lowest BCUT2D eigenvalue weighted by molar-refractivity contribution is -0.154. The van der Waals surface area contributed by atoms with Gasteiger partial charge in [-0.05, 0) is 56.8 Å². The molecule has 4 heteroatoms. The van der Waals surface area contributed by atoms with E-state index in [-0.39, 0.29) is 11.8 Å². The number of rotatable bonds is 3. The Morgan fingerprint density at radius 2 is 1.70 bits per heavy atom. The van der Waals surface area contributed by atoms with Crippen LogP contribution in [0.15, 0.2) is 0 Å². The van der Waals surface area contributed by atoms with Gasteiger partial charge < -0.3 is 10.0 Å². The highest BCUT2D eigenvalue weighted by Crippen LogP contribution is 2.35. The fourth-order valence-corrected chi connectivity index (χ4v) is 3.72. The number of hydrogen-bond donors (Lipinski definition) is 1. The van der Waals surface area contributed by atoms with Crippen LogP contribution in [-0.4, -0.2) is 34.5 Å². The molecule has 1 aliphatic carbocycles. The monoisotopic (exact) mass is 281 g/mol. The summed E-state index contributed by atoms with van der Waals surface area (Å²) in [6.45, 7) is 5.12. The van der Waals surface area contributed by atoms with Crippen molar-refractivity contribution in [2.45, 2.75) is 64.8 Å². The van der Waals surface area contributed by atoms with Gasteiger partial charge in [-0.2, -0.15) is 0 Å². The van der Waals surface area contributed by atoms with Crippen LogP contribution in [0, 0.1) is 17.8 Å². The highest BCUT2D eigenvalue weighted by atomic mass is 16.4. The van der Waals surface area contributed by atoms with Crippen LogP contribution < -0.4 is 0 Å². The van der Waals surface area contributed by atoms with Crippen molar-refractivity contribution in [2.24, 2.45) is 17.8 Å². The lowest BCUT2D eigenvalue weighted by atomic mass is 9.76. The van der Waals surface area contributed by atoms with Gasteiger partial charge in [-0.3, -0.25) is 4.79 Å². The van der Waals surface area contributed by atoms with Crippen LogP contribution in [-0.2, 0) is 9.59 Å². The van der Waals surface area contributed by atoms with Gasteiger partial charge in [0.15, 0.2) is 0 Å². The molecule has 1 aliphatic heterocycles. The van der Waals surface area contributed by atoms with Gasteiger partial charge in [0, 0.05) is 12.5 Å². The molecule has 0 radical (unpaired) electrons. The number of carbonyl (C=O) groups is 2. The zero-order valence-electron chi connectivity index (χ0n) is 12.7. The third-order valence-electron chi connectivity index (χ3n) is 5.13. The van der Waals surface area contributed by atoms with Crippen LogP contribution in [0.4, 0.5) is 0 Å². The molecule has 2 rings (SSSR count). The molecule has 2 aliphatic rings. The second-order valence-corrected chi connectivity index (χ2v) is 6.74. The van der Waals surface area contributed by atoms with E-state index in [9.17, 15) is 14.7 Å². The van der Waals surface area contributed by atoms with E-state index in [1.807, 2.05) is 0 Å². The first-order chi connectivity index (χ1) is 9.50. The molecule has 1 heterocycles. The van der Waals surface area contributed by atoms with Crippen LogP contribution in [0.1, 0.15) is 58.8 Å². The molecule has 1 N–H and O–H groups in total. The zero-order valence-corrected chi connectivity index (χ0v) is 12.7. The minimum Gasteiger partial charge on any atom is -0.480 e. The Hall–Kier alpha value is -1.06.